The van der Waals surface area contributed by atoms with Crippen molar-refractivity contribution in [3.05, 3.63) is 17.0 Å². The molecule has 1 heterocycles. The molecule has 0 aliphatic rings. The van der Waals surface area contributed by atoms with Crippen molar-refractivity contribution >= 4 is 27.3 Å². The number of hydrogen-bond acceptors (Lipinski definition) is 5. The summed E-state index contributed by atoms with van der Waals surface area (Å²) in [6, 6.07) is 0. The maximum atomic E-state index is 11.0. The van der Waals surface area contributed by atoms with Gasteiger partial charge < -0.3 is 5.32 Å². The Hall–Kier alpha value is -0.880. The van der Waals surface area contributed by atoms with E-state index in [1.165, 1.54) is 12.6 Å². The van der Waals surface area contributed by atoms with Crippen LogP contribution < -0.4 is 5.32 Å². The second-order valence-corrected chi connectivity index (χ2v) is 6.77. The van der Waals surface area contributed by atoms with Crippen molar-refractivity contribution in [1.82, 2.24) is 9.97 Å². The fraction of sp³-hybridized carbons (Fsp3) is 0.636. The van der Waals surface area contributed by atoms with Crippen molar-refractivity contribution in [3.63, 3.8) is 0 Å². The highest BCUT2D eigenvalue weighted by Gasteiger charge is 2.09. The molecule has 18 heavy (non-hydrogen) atoms. The van der Waals surface area contributed by atoms with E-state index in [1.807, 2.05) is 0 Å². The third-order valence-corrected chi connectivity index (χ3v) is 3.73. The standard InChI is InChI=1S/C11H18ClN3O2S/c1-3-5-9-10(12)14-8-15-11(9)13-6-4-7-18(2,16)17/h8H,3-7H2,1-2H3,(H,13,14,15). The molecule has 5 nitrogen and oxygen atoms in total. The van der Waals surface area contributed by atoms with Gasteiger partial charge in [0.2, 0.25) is 0 Å². The van der Waals surface area contributed by atoms with Gasteiger partial charge in [-0.05, 0) is 12.8 Å². The molecule has 7 heteroatoms. The zero-order valence-corrected chi connectivity index (χ0v) is 12.2. The van der Waals surface area contributed by atoms with Gasteiger partial charge in [0.15, 0.2) is 0 Å². The second-order valence-electron chi connectivity index (χ2n) is 4.15. The van der Waals surface area contributed by atoms with Crippen molar-refractivity contribution < 1.29 is 8.42 Å². The van der Waals surface area contributed by atoms with Crippen LogP contribution in [0.25, 0.3) is 0 Å². The first-order valence-corrected chi connectivity index (χ1v) is 8.29. The average Bonchev–Trinajstić information content (AvgIpc) is 2.27. The normalized spacial score (nSPS) is 11.5. The van der Waals surface area contributed by atoms with E-state index in [0.717, 1.165) is 18.4 Å². The summed E-state index contributed by atoms with van der Waals surface area (Å²) in [6.45, 7) is 2.61. The minimum absolute atomic E-state index is 0.169. The molecule has 0 spiro atoms. The molecular formula is C11H18ClN3O2S. The predicted molar refractivity (Wildman–Crippen MR) is 73.9 cm³/mol. The smallest absolute Gasteiger partial charge is 0.147 e. The number of hydrogen-bond donors (Lipinski definition) is 1. The molecule has 102 valence electrons. The number of rotatable bonds is 7. The highest BCUT2D eigenvalue weighted by Crippen LogP contribution is 2.21. The van der Waals surface area contributed by atoms with Crippen molar-refractivity contribution in [1.29, 1.82) is 0 Å². The van der Waals surface area contributed by atoms with E-state index in [0.29, 0.717) is 23.9 Å². The summed E-state index contributed by atoms with van der Waals surface area (Å²) < 4.78 is 22.0. The zero-order chi connectivity index (χ0) is 13.6. The second kappa shape index (κ2) is 6.89. The summed E-state index contributed by atoms with van der Waals surface area (Å²) in [7, 11) is -2.91. The van der Waals surface area contributed by atoms with Crippen molar-refractivity contribution in [2.75, 3.05) is 23.9 Å². The number of sulfone groups is 1. The number of anilines is 1. The van der Waals surface area contributed by atoms with Crippen LogP contribution in [0.2, 0.25) is 5.15 Å². The minimum Gasteiger partial charge on any atom is -0.370 e. The molecule has 0 radical (unpaired) electrons. The molecule has 0 unspecified atom stereocenters. The van der Waals surface area contributed by atoms with E-state index >= 15 is 0 Å². The van der Waals surface area contributed by atoms with Crippen LogP contribution in [0.3, 0.4) is 0 Å². The molecule has 1 aromatic heterocycles. The highest BCUT2D eigenvalue weighted by atomic mass is 35.5. The maximum Gasteiger partial charge on any atom is 0.147 e. The van der Waals surface area contributed by atoms with Gasteiger partial charge >= 0.3 is 0 Å². The van der Waals surface area contributed by atoms with E-state index in [-0.39, 0.29) is 5.75 Å². The van der Waals surface area contributed by atoms with Crippen LogP contribution in [0.15, 0.2) is 6.33 Å². The quantitative estimate of drug-likeness (QED) is 0.614. The van der Waals surface area contributed by atoms with Gasteiger partial charge in [-0.3, -0.25) is 0 Å². The number of nitrogens with zero attached hydrogens (tertiary/aromatic N) is 2. The van der Waals surface area contributed by atoms with Gasteiger partial charge in [0, 0.05) is 18.4 Å². The van der Waals surface area contributed by atoms with Crippen LogP contribution in [0.4, 0.5) is 5.82 Å². The van der Waals surface area contributed by atoms with Gasteiger partial charge in [-0.15, -0.1) is 0 Å². The lowest BCUT2D eigenvalue weighted by molar-refractivity contribution is 0.600. The van der Waals surface area contributed by atoms with Crippen molar-refractivity contribution in [3.8, 4) is 0 Å². The fourth-order valence-corrected chi connectivity index (χ4v) is 2.45. The summed E-state index contributed by atoms with van der Waals surface area (Å²) in [5, 5.41) is 3.57. The molecule has 1 rings (SSSR count). The molecule has 0 saturated carbocycles. The molecule has 0 amide bonds. The van der Waals surface area contributed by atoms with Crippen LogP contribution in [0, 0.1) is 0 Å². The molecule has 0 bridgehead atoms. The van der Waals surface area contributed by atoms with Crippen LogP contribution in [0.1, 0.15) is 25.3 Å². The molecule has 0 atom stereocenters. The molecule has 1 N–H and O–H groups in total. The first kappa shape index (κ1) is 15.2. The van der Waals surface area contributed by atoms with Gasteiger partial charge in [0.25, 0.3) is 0 Å². The molecule has 1 aromatic rings. The molecule has 0 aliphatic heterocycles. The average molecular weight is 292 g/mol. The maximum absolute atomic E-state index is 11.0. The lowest BCUT2D eigenvalue weighted by atomic mass is 10.2. The number of nitrogens with one attached hydrogen (secondary N) is 1. The third kappa shape index (κ3) is 5.18. The lowest BCUT2D eigenvalue weighted by Gasteiger charge is -2.10. The topological polar surface area (TPSA) is 72.0 Å². The van der Waals surface area contributed by atoms with E-state index in [4.69, 9.17) is 11.6 Å². The Kier molecular flexibility index (Phi) is 5.81. The third-order valence-electron chi connectivity index (χ3n) is 2.38. The summed E-state index contributed by atoms with van der Waals surface area (Å²) in [5.41, 5.74) is 0.890. The van der Waals surface area contributed by atoms with Gasteiger partial charge in [-0.25, -0.2) is 18.4 Å². The molecular weight excluding hydrogens is 274 g/mol. The Bertz CT molecular complexity index is 491. The van der Waals surface area contributed by atoms with E-state index < -0.39 is 9.84 Å². The van der Waals surface area contributed by atoms with Gasteiger partial charge in [0.05, 0.1) is 5.75 Å². The summed E-state index contributed by atoms with van der Waals surface area (Å²) in [4.78, 5) is 8.08. The molecule has 0 aromatic carbocycles. The molecule has 0 saturated heterocycles. The van der Waals surface area contributed by atoms with Gasteiger partial charge in [0.1, 0.15) is 27.1 Å². The Morgan fingerprint density at radius 3 is 2.72 bits per heavy atom. The van der Waals surface area contributed by atoms with Gasteiger partial charge in [-0.1, -0.05) is 24.9 Å². The van der Waals surface area contributed by atoms with Crippen molar-refractivity contribution in [2.24, 2.45) is 0 Å². The Labute approximate surface area is 113 Å². The van der Waals surface area contributed by atoms with Crippen LogP contribution >= 0.6 is 11.6 Å². The Morgan fingerprint density at radius 1 is 1.39 bits per heavy atom. The Balaban J connectivity index is 2.59. The predicted octanol–water partition coefficient (Wildman–Crippen LogP) is 1.93. The van der Waals surface area contributed by atoms with E-state index in [9.17, 15) is 8.42 Å². The molecule has 0 aliphatic carbocycles. The van der Waals surface area contributed by atoms with Crippen molar-refractivity contribution in [2.45, 2.75) is 26.2 Å². The summed E-state index contributed by atoms with van der Waals surface area (Å²) in [5.74, 6) is 0.868. The monoisotopic (exact) mass is 291 g/mol. The largest absolute Gasteiger partial charge is 0.370 e. The fourth-order valence-electron chi connectivity index (χ4n) is 1.56. The zero-order valence-electron chi connectivity index (χ0n) is 10.6. The Morgan fingerprint density at radius 2 is 2.11 bits per heavy atom. The first-order chi connectivity index (χ1) is 8.44. The van der Waals surface area contributed by atoms with Crippen LogP contribution in [0.5, 0.6) is 0 Å². The SMILES string of the molecule is CCCc1c(Cl)ncnc1NCCCS(C)(=O)=O. The minimum atomic E-state index is -2.91. The van der Waals surface area contributed by atoms with Crippen LogP contribution in [-0.4, -0.2) is 36.9 Å². The number of halogens is 1. The highest BCUT2D eigenvalue weighted by molar-refractivity contribution is 7.90. The van der Waals surface area contributed by atoms with Gasteiger partial charge in [-0.2, -0.15) is 0 Å². The number of aromatic nitrogens is 2. The first-order valence-electron chi connectivity index (χ1n) is 5.85. The van der Waals surface area contributed by atoms with E-state index in [1.54, 1.807) is 0 Å². The van der Waals surface area contributed by atoms with E-state index in [2.05, 4.69) is 22.2 Å². The molecule has 0 fully saturated rings. The summed E-state index contributed by atoms with van der Waals surface area (Å²) in [6.07, 6.45) is 4.93. The van der Waals surface area contributed by atoms with Crippen LogP contribution in [-0.2, 0) is 16.3 Å². The summed E-state index contributed by atoms with van der Waals surface area (Å²) >= 11 is 6.01. The lowest BCUT2D eigenvalue weighted by Crippen LogP contribution is -2.12.